The highest BCUT2D eigenvalue weighted by Crippen LogP contribution is 2.38. The molecule has 0 saturated heterocycles. The zero-order chi connectivity index (χ0) is 16.5. The molecular formula is C18H18N4O2. The normalized spacial score (nSPS) is 12.6. The highest BCUT2D eigenvalue weighted by molar-refractivity contribution is 5.81. The van der Waals surface area contributed by atoms with E-state index in [-0.39, 0.29) is 0 Å². The molecule has 0 saturated carbocycles. The Hall–Kier alpha value is -3.02. The molecule has 0 spiro atoms. The molecule has 0 amide bonds. The maximum atomic E-state index is 5.42. The molecule has 0 radical (unpaired) electrons. The van der Waals surface area contributed by atoms with Gasteiger partial charge in [0, 0.05) is 30.9 Å². The molecule has 0 bridgehead atoms. The molecule has 24 heavy (non-hydrogen) atoms. The lowest BCUT2D eigenvalue weighted by Crippen LogP contribution is -1.99. The highest BCUT2D eigenvalue weighted by atomic mass is 16.5. The second-order valence-electron chi connectivity index (χ2n) is 5.53. The molecule has 1 aromatic carbocycles. The van der Waals surface area contributed by atoms with Gasteiger partial charge in [-0.2, -0.15) is 0 Å². The molecule has 0 atom stereocenters. The molecular weight excluding hydrogens is 304 g/mol. The van der Waals surface area contributed by atoms with Crippen LogP contribution in [0.1, 0.15) is 0 Å². The van der Waals surface area contributed by atoms with Gasteiger partial charge in [-0.15, -0.1) is 0 Å². The van der Waals surface area contributed by atoms with Crippen LogP contribution in [0, 0.1) is 0 Å². The molecule has 6 heteroatoms. The number of methoxy groups -OCH3 is 2. The maximum absolute atomic E-state index is 5.42. The third-order valence-corrected chi connectivity index (χ3v) is 4.12. The van der Waals surface area contributed by atoms with E-state index in [0.29, 0.717) is 0 Å². The van der Waals surface area contributed by atoms with E-state index in [2.05, 4.69) is 14.9 Å². The van der Waals surface area contributed by atoms with E-state index >= 15 is 0 Å². The molecule has 122 valence electrons. The monoisotopic (exact) mass is 322 g/mol. The van der Waals surface area contributed by atoms with Crippen molar-refractivity contribution < 1.29 is 9.47 Å². The van der Waals surface area contributed by atoms with E-state index in [1.807, 2.05) is 36.4 Å². The molecule has 3 heterocycles. The summed E-state index contributed by atoms with van der Waals surface area (Å²) in [6.07, 6.45) is 1.78. The van der Waals surface area contributed by atoms with Crippen molar-refractivity contribution in [3.63, 3.8) is 0 Å². The minimum atomic E-state index is 0.748. The fourth-order valence-corrected chi connectivity index (χ4v) is 3.00. The van der Waals surface area contributed by atoms with Crippen LogP contribution in [0.2, 0.25) is 0 Å². The van der Waals surface area contributed by atoms with Crippen LogP contribution in [0.3, 0.4) is 0 Å². The Bertz CT molecular complexity index is 852. The van der Waals surface area contributed by atoms with Gasteiger partial charge in [0.15, 0.2) is 0 Å². The highest BCUT2D eigenvalue weighted by Gasteiger charge is 2.24. The molecule has 0 aliphatic carbocycles. The number of hydrogen-bond acceptors (Lipinski definition) is 5. The van der Waals surface area contributed by atoms with Crippen molar-refractivity contribution in [3.8, 4) is 34.1 Å². The predicted molar refractivity (Wildman–Crippen MR) is 92.5 cm³/mol. The summed E-state index contributed by atoms with van der Waals surface area (Å²) in [6, 6.07) is 11.7. The van der Waals surface area contributed by atoms with Crippen molar-refractivity contribution in [1.82, 2.24) is 14.5 Å². The second kappa shape index (κ2) is 5.88. The number of rotatable bonds is 4. The Kier molecular flexibility index (Phi) is 3.57. The smallest absolute Gasteiger partial charge is 0.204 e. The average molecular weight is 322 g/mol. The van der Waals surface area contributed by atoms with Gasteiger partial charge < -0.3 is 19.4 Å². The van der Waals surface area contributed by atoms with Gasteiger partial charge in [0.2, 0.25) is 5.95 Å². The van der Waals surface area contributed by atoms with Crippen LogP contribution in [0.25, 0.3) is 22.6 Å². The summed E-state index contributed by atoms with van der Waals surface area (Å²) in [4.78, 5) is 9.22. The second-order valence-corrected chi connectivity index (χ2v) is 5.53. The third-order valence-electron chi connectivity index (χ3n) is 4.12. The van der Waals surface area contributed by atoms with Crippen LogP contribution in [0.15, 0.2) is 42.6 Å². The van der Waals surface area contributed by atoms with Crippen LogP contribution in [0.4, 0.5) is 5.95 Å². The Morgan fingerprint density at radius 3 is 2.54 bits per heavy atom. The van der Waals surface area contributed by atoms with Gasteiger partial charge in [0.25, 0.3) is 0 Å². The first kappa shape index (κ1) is 14.6. The number of nitrogens with one attached hydrogen (secondary N) is 1. The van der Waals surface area contributed by atoms with Crippen LogP contribution in [-0.4, -0.2) is 35.3 Å². The number of fused-ring (bicyclic) bond motifs is 1. The van der Waals surface area contributed by atoms with Crippen LogP contribution in [-0.2, 0) is 6.54 Å². The van der Waals surface area contributed by atoms with Crippen molar-refractivity contribution in [2.24, 2.45) is 0 Å². The number of anilines is 1. The Morgan fingerprint density at radius 2 is 1.88 bits per heavy atom. The van der Waals surface area contributed by atoms with E-state index in [9.17, 15) is 0 Å². The zero-order valence-corrected chi connectivity index (χ0v) is 13.6. The molecule has 0 fully saturated rings. The van der Waals surface area contributed by atoms with Crippen molar-refractivity contribution in [2.45, 2.75) is 6.54 Å². The van der Waals surface area contributed by atoms with Gasteiger partial charge in [-0.3, -0.25) is 4.98 Å². The minimum absolute atomic E-state index is 0.748. The SMILES string of the molecule is COc1cc(OC)cc(-c2c(-c3ccccn3)nc3n2CCN3)c1. The molecule has 1 N–H and O–H groups in total. The standard InChI is InChI=1S/C18H18N4O2/c1-23-13-9-12(10-14(11-13)24-2)17-16(15-5-3-4-6-19-15)21-18-20-7-8-22(17)18/h3-6,9-11H,7-8H2,1-2H3,(H,20,21). The molecule has 1 aliphatic heterocycles. The number of hydrogen-bond donors (Lipinski definition) is 1. The van der Waals surface area contributed by atoms with Crippen molar-refractivity contribution >= 4 is 5.95 Å². The van der Waals surface area contributed by atoms with Crippen molar-refractivity contribution in [2.75, 3.05) is 26.1 Å². The van der Waals surface area contributed by atoms with Crippen LogP contribution >= 0.6 is 0 Å². The number of imidazole rings is 1. The Balaban J connectivity index is 1.95. The molecule has 2 aromatic heterocycles. The molecule has 6 nitrogen and oxygen atoms in total. The number of nitrogens with zero attached hydrogens (tertiary/aromatic N) is 3. The van der Waals surface area contributed by atoms with Crippen molar-refractivity contribution in [1.29, 1.82) is 0 Å². The zero-order valence-electron chi connectivity index (χ0n) is 13.6. The van der Waals surface area contributed by atoms with E-state index in [0.717, 1.165) is 53.2 Å². The number of benzene rings is 1. The topological polar surface area (TPSA) is 61.2 Å². The summed E-state index contributed by atoms with van der Waals surface area (Å²) in [5, 5.41) is 3.32. The summed E-state index contributed by atoms with van der Waals surface area (Å²) in [5.41, 5.74) is 3.71. The first-order valence-electron chi connectivity index (χ1n) is 7.79. The van der Waals surface area contributed by atoms with E-state index < -0.39 is 0 Å². The number of ether oxygens (including phenoxy) is 2. The number of pyridine rings is 1. The lowest BCUT2D eigenvalue weighted by molar-refractivity contribution is 0.394. The van der Waals surface area contributed by atoms with E-state index in [4.69, 9.17) is 14.5 Å². The summed E-state index contributed by atoms with van der Waals surface area (Å²) in [7, 11) is 3.31. The maximum Gasteiger partial charge on any atom is 0.204 e. The van der Waals surface area contributed by atoms with E-state index in [1.54, 1.807) is 20.4 Å². The van der Waals surface area contributed by atoms with Crippen molar-refractivity contribution in [3.05, 3.63) is 42.6 Å². The van der Waals surface area contributed by atoms with E-state index in [1.165, 1.54) is 0 Å². The summed E-state index contributed by atoms with van der Waals surface area (Å²) < 4.78 is 13.0. The van der Waals surface area contributed by atoms with Gasteiger partial charge in [-0.05, 0) is 24.3 Å². The van der Waals surface area contributed by atoms with Gasteiger partial charge in [0.05, 0.1) is 25.6 Å². The molecule has 4 rings (SSSR count). The predicted octanol–water partition coefficient (Wildman–Crippen LogP) is 3.05. The average Bonchev–Trinajstić information content (AvgIpc) is 3.22. The Labute approximate surface area is 140 Å². The van der Waals surface area contributed by atoms with Gasteiger partial charge in [0.1, 0.15) is 17.2 Å². The fourth-order valence-electron chi connectivity index (χ4n) is 3.00. The largest absolute Gasteiger partial charge is 0.497 e. The Morgan fingerprint density at radius 1 is 1.08 bits per heavy atom. The first-order valence-corrected chi connectivity index (χ1v) is 7.79. The molecule has 1 aliphatic rings. The number of aromatic nitrogens is 3. The minimum Gasteiger partial charge on any atom is -0.497 e. The summed E-state index contributed by atoms with van der Waals surface area (Å²) in [5.74, 6) is 2.36. The van der Waals surface area contributed by atoms with Gasteiger partial charge >= 0.3 is 0 Å². The first-order chi connectivity index (χ1) is 11.8. The van der Waals surface area contributed by atoms with Crippen LogP contribution < -0.4 is 14.8 Å². The van der Waals surface area contributed by atoms with Crippen LogP contribution in [0.5, 0.6) is 11.5 Å². The molecule has 0 unspecified atom stereocenters. The lowest BCUT2D eigenvalue weighted by Gasteiger charge is -2.11. The third kappa shape index (κ3) is 2.36. The summed E-state index contributed by atoms with van der Waals surface area (Å²) in [6.45, 7) is 1.74. The van der Waals surface area contributed by atoms with Gasteiger partial charge in [-0.1, -0.05) is 6.07 Å². The lowest BCUT2D eigenvalue weighted by atomic mass is 10.1. The fraction of sp³-hybridized carbons (Fsp3) is 0.222. The molecule has 3 aromatic rings. The van der Waals surface area contributed by atoms with Gasteiger partial charge in [-0.25, -0.2) is 4.98 Å². The quantitative estimate of drug-likeness (QED) is 0.800. The summed E-state index contributed by atoms with van der Waals surface area (Å²) >= 11 is 0.